The van der Waals surface area contributed by atoms with Gasteiger partial charge < -0.3 is 0 Å². The molecule has 2 atom stereocenters. The van der Waals surface area contributed by atoms with Crippen LogP contribution in [-0.4, -0.2) is 5.78 Å². The number of carbonyl (C=O) groups is 1. The lowest BCUT2D eigenvalue weighted by atomic mass is 9.86. The molecule has 0 saturated carbocycles. The zero-order chi connectivity index (χ0) is 11.0. The van der Waals surface area contributed by atoms with Crippen molar-refractivity contribution >= 4 is 5.78 Å². The fourth-order valence-corrected chi connectivity index (χ4v) is 3.09. The van der Waals surface area contributed by atoms with E-state index < -0.39 is 0 Å². The fraction of sp³-hybridized carbons (Fsp3) is 0.786. The summed E-state index contributed by atoms with van der Waals surface area (Å²) in [6.45, 7) is 6.89. The zero-order valence-electron chi connectivity index (χ0n) is 10.2. The lowest BCUT2D eigenvalue weighted by molar-refractivity contribution is -0.115. The van der Waals surface area contributed by atoms with E-state index >= 15 is 0 Å². The molecule has 0 spiro atoms. The molecule has 2 aliphatic rings. The Morgan fingerprint density at radius 3 is 2.60 bits per heavy atom. The lowest BCUT2D eigenvalue weighted by Gasteiger charge is -2.19. The first kappa shape index (κ1) is 10.9. The molecule has 0 radical (unpaired) electrons. The van der Waals surface area contributed by atoms with Crippen molar-refractivity contribution in [1.82, 2.24) is 0 Å². The summed E-state index contributed by atoms with van der Waals surface area (Å²) in [5.41, 5.74) is 2.72. The van der Waals surface area contributed by atoms with Crippen LogP contribution in [-0.2, 0) is 4.79 Å². The Morgan fingerprint density at radius 1 is 1.20 bits per heavy atom. The Balaban J connectivity index is 2.23. The van der Waals surface area contributed by atoms with Crippen LogP contribution in [0.15, 0.2) is 11.1 Å². The number of carbonyl (C=O) groups excluding carboxylic acids is 1. The Morgan fingerprint density at radius 2 is 1.93 bits per heavy atom. The molecular weight excluding hydrogens is 184 g/mol. The second-order valence-corrected chi connectivity index (χ2v) is 5.61. The van der Waals surface area contributed by atoms with Crippen LogP contribution in [0.5, 0.6) is 0 Å². The highest BCUT2D eigenvalue weighted by molar-refractivity contribution is 5.98. The molecule has 84 valence electrons. The first-order valence-corrected chi connectivity index (χ1v) is 6.34. The van der Waals surface area contributed by atoms with Crippen LogP contribution in [0.3, 0.4) is 0 Å². The summed E-state index contributed by atoms with van der Waals surface area (Å²) < 4.78 is 0. The molecule has 15 heavy (non-hydrogen) atoms. The molecule has 0 aliphatic heterocycles. The maximum Gasteiger partial charge on any atom is 0.159 e. The summed E-state index contributed by atoms with van der Waals surface area (Å²) in [6.07, 6.45) is 5.50. The Hall–Kier alpha value is -0.590. The molecule has 1 nitrogen and oxygen atoms in total. The molecule has 0 amide bonds. The third-order valence-corrected chi connectivity index (χ3v) is 4.32. The first-order valence-electron chi connectivity index (χ1n) is 6.34. The van der Waals surface area contributed by atoms with Crippen molar-refractivity contribution in [2.75, 3.05) is 0 Å². The van der Waals surface area contributed by atoms with E-state index in [-0.39, 0.29) is 0 Å². The second-order valence-electron chi connectivity index (χ2n) is 5.61. The van der Waals surface area contributed by atoms with E-state index in [0.29, 0.717) is 11.7 Å². The van der Waals surface area contributed by atoms with Crippen molar-refractivity contribution in [2.24, 2.45) is 17.8 Å². The quantitative estimate of drug-likeness (QED) is 0.638. The van der Waals surface area contributed by atoms with Crippen LogP contribution in [0.1, 0.15) is 52.9 Å². The molecule has 2 aliphatic carbocycles. The predicted octanol–water partition coefficient (Wildman–Crippen LogP) is 3.74. The molecule has 2 rings (SSSR count). The Labute approximate surface area is 92.9 Å². The zero-order valence-corrected chi connectivity index (χ0v) is 10.2. The summed E-state index contributed by atoms with van der Waals surface area (Å²) in [4.78, 5) is 11.8. The van der Waals surface area contributed by atoms with Crippen LogP contribution in [0.4, 0.5) is 0 Å². The first-order chi connectivity index (χ1) is 7.09. The van der Waals surface area contributed by atoms with Gasteiger partial charge in [0.15, 0.2) is 5.78 Å². The molecule has 0 aromatic carbocycles. The minimum Gasteiger partial charge on any atom is -0.295 e. The number of Topliss-reactive ketones (excluding diaryl/α,β-unsaturated/α-hetero) is 1. The molecule has 0 N–H and O–H groups in total. The summed E-state index contributed by atoms with van der Waals surface area (Å²) >= 11 is 0. The van der Waals surface area contributed by atoms with Gasteiger partial charge in [-0.15, -0.1) is 0 Å². The van der Waals surface area contributed by atoms with Crippen molar-refractivity contribution in [3.8, 4) is 0 Å². The van der Waals surface area contributed by atoms with Crippen LogP contribution in [0.25, 0.3) is 0 Å². The van der Waals surface area contributed by atoms with E-state index in [9.17, 15) is 4.79 Å². The number of hydrogen-bond donors (Lipinski definition) is 0. The normalized spacial score (nSPS) is 32.1. The molecule has 0 aromatic rings. The number of rotatable bonds is 1. The maximum absolute atomic E-state index is 11.8. The summed E-state index contributed by atoms with van der Waals surface area (Å²) in [5.74, 6) is 2.57. The van der Waals surface area contributed by atoms with Crippen molar-refractivity contribution in [3.05, 3.63) is 11.1 Å². The van der Waals surface area contributed by atoms with Crippen molar-refractivity contribution < 1.29 is 4.79 Å². The predicted molar refractivity (Wildman–Crippen MR) is 62.6 cm³/mol. The highest BCUT2D eigenvalue weighted by Crippen LogP contribution is 2.41. The molecule has 1 heteroatoms. The maximum atomic E-state index is 11.8. The summed E-state index contributed by atoms with van der Waals surface area (Å²) in [6, 6.07) is 0. The van der Waals surface area contributed by atoms with Crippen molar-refractivity contribution in [1.29, 1.82) is 0 Å². The Bertz CT molecular complexity index is 298. The van der Waals surface area contributed by atoms with Gasteiger partial charge >= 0.3 is 0 Å². The van der Waals surface area contributed by atoms with Gasteiger partial charge in [-0.2, -0.15) is 0 Å². The second kappa shape index (κ2) is 4.11. The smallest absolute Gasteiger partial charge is 0.159 e. The van der Waals surface area contributed by atoms with Gasteiger partial charge in [-0.1, -0.05) is 26.3 Å². The van der Waals surface area contributed by atoms with Gasteiger partial charge in [0, 0.05) is 6.42 Å². The van der Waals surface area contributed by atoms with Crippen LogP contribution in [0, 0.1) is 17.8 Å². The van der Waals surface area contributed by atoms with Crippen molar-refractivity contribution in [3.63, 3.8) is 0 Å². The molecule has 0 fully saturated rings. The molecule has 0 bridgehead atoms. The van der Waals surface area contributed by atoms with Gasteiger partial charge in [0.05, 0.1) is 0 Å². The van der Waals surface area contributed by atoms with Crippen LogP contribution in [0.2, 0.25) is 0 Å². The average Bonchev–Trinajstić information content (AvgIpc) is 2.43. The summed E-state index contributed by atoms with van der Waals surface area (Å²) in [7, 11) is 0. The van der Waals surface area contributed by atoms with Crippen LogP contribution < -0.4 is 0 Å². The highest BCUT2D eigenvalue weighted by atomic mass is 16.1. The van der Waals surface area contributed by atoms with Gasteiger partial charge in [0.25, 0.3) is 0 Å². The SMILES string of the molecule is CC(C)[C@@H]1CC[C@H](C)C2=C(C1)C(=O)CC2. The van der Waals surface area contributed by atoms with Gasteiger partial charge in [0.2, 0.25) is 0 Å². The average molecular weight is 206 g/mol. The van der Waals surface area contributed by atoms with E-state index in [0.717, 1.165) is 31.1 Å². The third-order valence-electron chi connectivity index (χ3n) is 4.32. The number of allylic oxidation sites excluding steroid dienone is 2. The molecule has 0 saturated heterocycles. The van der Waals surface area contributed by atoms with E-state index in [2.05, 4.69) is 20.8 Å². The molecular formula is C14H22O. The van der Waals surface area contributed by atoms with Gasteiger partial charge in [-0.25, -0.2) is 0 Å². The van der Waals surface area contributed by atoms with E-state index in [1.807, 2.05) is 0 Å². The molecule has 0 heterocycles. The molecule has 0 unspecified atom stereocenters. The van der Waals surface area contributed by atoms with Crippen LogP contribution >= 0.6 is 0 Å². The highest BCUT2D eigenvalue weighted by Gasteiger charge is 2.31. The van der Waals surface area contributed by atoms with E-state index in [1.54, 1.807) is 0 Å². The van der Waals surface area contributed by atoms with Crippen molar-refractivity contribution in [2.45, 2.75) is 52.9 Å². The lowest BCUT2D eigenvalue weighted by Crippen LogP contribution is -2.11. The third kappa shape index (κ3) is 2.02. The number of hydrogen-bond acceptors (Lipinski definition) is 1. The topological polar surface area (TPSA) is 17.1 Å². The van der Waals surface area contributed by atoms with Gasteiger partial charge in [-0.05, 0) is 49.0 Å². The minimum atomic E-state index is 0.449. The Kier molecular flexibility index (Phi) is 2.99. The minimum absolute atomic E-state index is 0.449. The van der Waals surface area contributed by atoms with E-state index in [4.69, 9.17) is 0 Å². The van der Waals surface area contributed by atoms with Gasteiger partial charge in [0.1, 0.15) is 0 Å². The monoisotopic (exact) mass is 206 g/mol. The largest absolute Gasteiger partial charge is 0.295 e. The van der Waals surface area contributed by atoms with Gasteiger partial charge in [-0.3, -0.25) is 4.79 Å². The fourth-order valence-electron chi connectivity index (χ4n) is 3.09. The van der Waals surface area contributed by atoms with E-state index in [1.165, 1.54) is 24.0 Å². The molecule has 0 aromatic heterocycles. The standard InChI is InChI=1S/C14H22O/c1-9(2)11-5-4-10(3)12-6-7-14(15)13(12)8-11/h9-11H,4-8H2,1-3H3/t10-,11+/m0/s1. The summed E-state index contributed by atoms with van der Waals surface area (Å²) in [5, 5.41) is 0. The number of ketones is 1.